The number of nitrogens with two attached hydrogens (primary N) is 1. The molecule has 1 aliphatic carbocycles. The molecule has 96 valence electrons. The number of fused-ring (bicyclic) bond motifs is 1. The molecule has 0 radical (unpaired) electrons. The van der Waals surface area contributed by atoms with E-state index in [4.69, 9.17) is 10.5 Å². The lowest BCUT2D eigenvalue weighted by atomic mass is 10.4. The minimum Gasteiger partial charge on any atom is -0.382 e. The van der Waals surface area contributed by atoms with Crippen molar-refractivity contribution in [1.82, 2.24) is 19.5 Å². The monoisotopic (exact) mass is 247 g/mol. The Kier molecular flexibility index (Phi) is 3.10. The van der Waals surface area contributed by atoms with Crippen LogP contribution in [0.5, 0.6) is 0 Å². The Morgan fingerprint density at radius 2 is 2.22 bits per heavy atom. The number of nitrogen functional groups attached to an aromatic ring is 1. The average molecular weight is 247 g/mol. The molecule has 6 nitrogen and oxygen atoms in total. The van der Waals surface area contributed by atoms with Gasteiger partial charge >= 0.3 is 0 Å². The van der Waals surface area contributed by atoms with Crippen LogP contribution in [0.25, 0.3) is 11.2 Å². The molecule has 2 aromatic rings. The second kappa shape index (κ2) is 4.89. The summed E-state index contributed by atoms with van der Waals surface area (Å²) in [5.41, 5.74) is 7.21. The number of hydrogen-bond acceptors (Lipinski definition) is 5. The van der Waals surface area contributed by atoms with E-state index in [1.165, 1.54) is 19.2 Å². The molecular formula is C12H17N5O. The molecule has 6 heteroatoms. The summed E-state index contributed by atoms with van der Waals surface area (Å²) in [6.45, 7) is 2.55. The number of nitrogens with zero attached hydrogens (tertiary/aromatic N) is 4. The van der Waals surface area contributed by atoms with Crippen molar-refractivity contribution in [2.24, 2.45) is 5.92 Å². The number of aryl methyl sites for hydroxylation is 1. The largest absolute Gasteiger partial charge is 0.382 e. The maximum Gasteiger partial charge on any atom is 0.165 e. The Morgan fingerprint density at radius 1 is 1.33 bits per heavy atom. The standard InChI is InChI=1S/C12H17N5O/c13-11-10-12(15-7-14-11)17(8-16-10)4-1-5-18-6-9-2-3-9/h7-9H,1-6H2,(H2,13,14,15). The van der Waals surface area contributed by atoms with E-state index in [0.717, 1.165) is 37.7 Å². The van der Waals surface area contributed by atoms with E-state index in [1.54, 1.807) is 6.33 Å². The molecule has 0 amide bonds. The minimum atomic E-state index is 0.434. The topological polar surface area (TPSA) is 78.9 Å². The molecule has 1 aliphatic rings. The van der Waals surface area contributed by atoms with Gasteiger partial charge in [0.25, 0.3) is 0 Å². The Hall–Kier alpha value is -1.69. The van der Waals surface area contributed by atoms with Crippen molar-refractivity contribution in [2.75, 3.05) is 18.9 Å². The lowest BCUT2D eigenvalue weighted by Gasteiger charge is -2.04. The predicted octanol–water partition coefficient (Wildman–Crippen LogP) is 1.23. The van der Waals surface area contributed by atoms with Crippen molar-refractivity contribution in [1.29, 1.82) is 0 Å². The first kappa shape index (κ1) is 11.4. The van der Waals surface area contributed by atoms with Gasteiger partial charge in [0.05, 0.1) is 6.33 Å². The zero-order valence-electron chi connectivity index (χ0n) is 10.2. The number of anilines is 1. The first-order valence-electron chi connectivity index (χ1n) is 6.33. The van der Waals surface area contributed by atoms with Gasteiger partial charge in [0, 0.05) is 19.8 Å². The van der Waals surface area contributed by atoms with Crippen molar-refractivity contribution < 1.29 is 4.74 Å². The van der Waals surface area contributed by atoms with Gasteiger partial charge in [-0.05, 0) is 25.2 Å². The second-order valence-corrected chi connectivity index (χ2v) is 4.74. The summed E-state index contributed by atoms with van der Waals surface area (Å²) in [5, 5.41) is 0. The summed E-state index contributed by atoms with van der Waals surface area (Å²) in [6.07, 6.45) is 6.86. The molecular weight excluding hydrogens is 230 g/mol. The van der Waals surface area contributed by atoms with Crippen LogP contribution in [0.3, 0.4) is 0 Å². The molecule has 0 aromatic carbocycles. The van der Waals surface area contributed by atoms with E-state index in [-0.39, 0.29) is 0 Å². The van der Waals surface area contributed by atoms with Gasteiger partial charge in [-0.3, -0.25) is 0 Å². The summed E-state index contributed by atoms with van der Waals surface area (Å²) in [6, 6.07) is 0. The number of aromatic nitrogens is 4. The Balaban J connectivity index is 1.55. The predicted molar refractivity (Wildman–Crippen MR) is 67.9 cm³/mol. The number of hydrogen-bond donors (Lipinski definition) is 1. The van der Waals surface area contributed by atoms with E-state index < -0.39 is 0 Å². The summed E-state index contributed by atoms with van der Waals surface area (Å²) in [7, 11) is 0. The summed E-state index contributed by atoms with van der Waals surface area (Å²) in [5.74, 6) is 1.26. The van der Waals surface area contributed by atoms with Crippen LogP contribution in [-0.4, -0.2) is 32.7 Å². The van der Waals surface area contributed by atoms with Gasteiger partial charge in [-0.2, -0.15) is 0 Å². The van der Waals surface area contributed by atoms with Gasteiger partial charge in [-0.1, -0.05) is 0 Å². The van der Waals surface area contributed by atoms with Crippen LogP contribution in [-0.2, 0) is 11.3 Å². The zero-order valence-corrected chi connectivity index (χ0v) is 10.2. The highest BCUT2D eigenvalue weighted by Gasteiger charge is 2.20. The van der Waals surface area contributed by atoms with E-state index >= 15 is 0 Å². The first-order chi connectivity index (χ1) is 8.84. The van der Waals surface area contributed by atoms with Crippen LogP contribution in [0.1, 0.15) is 19.3 Å². The highest BCUT2D eigenvalue weighted by atomic mass is 16.5. The van der Waals surface area contributed by atoms with Crippen molar-refractivity contribution in [3.8, 4) is 0 Å². The van der Waals surface area contributed by atoms with Gasteiger partial charge < -0.3 is 15.0 Å². The maximum absolute atomic E-state index is 5.73. The molecule has 0 aliphatic heterocycles. The number of ether oxygens (including phenoxy) is 1. The molecule has 0 spiro atoms. The van der Waals surface area contributed by atoms with Gasteiger partial charge in [-0.15, -0.1) is 0 Å². The average Bonchev–Trinajstić information content (AvgIpc) is 3.10. The molecule has 1 fully saturated rings. The molecule has 1 saturated carbocycles. The first-order valence-corrected chi connectivity index (χ1v) is 6.33. The second-order valence-electron chi connectivity index (χ2n) is 4.74. The quantitative estimate of drug-likeness (QED) is 0.776. The fraction of sp³-hybridized carbons (Fsp3) is 0.583. The lowest BCUT2D eigenvalue weighted by Crippen LogP contribution is -2.04. The lowest BCUT2D eigenvalue weighted by molar-refractivity contribution is 0.119. The summed E-state index contributed by atoms with van der Waals surface area (Å²) in [4.78, 5) is 12.4. The highest BCUT2D eigenvalue weighted by molar-refractivity contribution is 5.80. The third-order valence-corrected chi connectivity index (χ3v) is 3.17. The van der Waals surface area contributed by atoms with E-state index in [0.29, 0.717) is 11.3 Å². The maximum atomic E-state index is 5.73. The fourth-order valence-corrected chi connectivity index (χ4v) is 1.93. The summed E-state index contributed by atoms with van der Waals surface area (Å²) < 4.78 is 7.59. The molecule has 2 N–H and O–H groups in total. The molecule has 18 heavy (non-hydrogen) atoms. The van der Waals surface area contributed by atoms with Crippen LogP contribution in [0.4, 0.5) is 5.82 Å². The van der Waals surface area contributed by atoms with Crippen LogP contribution >= 0.6 is 0 Å². The van der Waals surface area contributed by atoms with Gasteiger partial charge in [-0.25, -0.2) is 15.0 Å². The fourth-order valence-electron chi connectivity index (χ4n) is 1.93. The third kappa shape index (κ3) is 2.43. The zero-order chi connectivity index (χ0) is 12.4. The number of rotatable bonds is 6. The number of imidazole rings is 1. The molecule has 0 unspecified atom stereocenters. The van der Waals surface area contributed by atoms with Crippen molar-refractivity contribution in [2.45, 2.75) is 25.8 Å². The Labute approximate surface area is 105 Å². The van der Waals surface area contributed by atoms with Crippen molar-refractivity contribution >= 4 is 17.0 Å². The smallest absolute Gasteiger partial charge is 0.165 e. The molecule has 0 atom stereocenters. The van der Waals surface area contributed by atoms with Crippen LogP contribution in [0.15, 0.2) is 12.7 Å². The van der Waals surface area contributed by atoms with Crippen molar-refractivity contribution in [3.63, 3.8) is 0 Å². The van der Waals surface area contributed by atoms with Crippen LogP contribution < -0.4 is 5.73 Å². The van der Waals surface area contributed by atoms with E-state index in [9.17, 15) is 0 Å². The molecule has 0 saturated heterocycles. The molecule has 2 aromatic heterocycles. The normalized spacial score (nSPS) is 15.3. The van der Waals surface area contributed by atoms with E-state index in [2.05, 4.69) is 15.0 Å². The van der Waals surface area contributed by atoms with Crippen molar-refractivity contribution in [3.05, 3.63) is 12.7 Å². The van der Waals surface area contributed by atoms with E-state index in [1.807, 2.05) is 4.57 Å². The minimum absolute atomic E-state index is 0.434. The SMILES string of the molecule is Nc1ncnc2c1ncn2CCCOCC1CC1. The molecule has 0 bridgehead atoms. The Morgan fingerprint density at radius 3 is 3.06 bits per heavy atom. The molecule has 3 rings (SSSR count). The van der Waals surface area contributed by atoms with Crippen LogP contribution in [0, 0.1) is 5.92 Å². The molecule has 2 heterocycles. The summed E-state index contributed by atoms with van der Waals surface area (Å²) >= 11 is 0. The van der Waals surface area contributed by atoms with Gasteiger partial charge in [0.15, 0.2) is 11.5 Å². The highest BCUT2D eigenvalue weighted by Crippen LogP contribution is 2.28. The van der Waals surface area contributed by atoms with Crippen LogP contribution in [0.2, 0.25) is 0 Å². The Bertz CT molecular complexity index is 534. The third-order valence-electron chi connectivity index (χ3n) is 3.17. The van der Waals surface area contributed by atoms with Gasteiger partial charge in [0.2, 0.25) is 0 Å². The van der Waals surface area contributed by atoms with Gasteiger partial charge in [0.1, 0.15) is 11.8 Å².